The third kappa shape index (κ3) is 6.47. The Kier molecular flexibility index (Phi) is 7.87. The highest BCUT2D eigenvalue weighted by Crippen LogP contribution is 2.26. The number of carbonyl (C=O) groups is 1. The molecule has 0 aliphatic carbocycles. The molecular weight excluding hydrogens is 469 g/mol. The zero-order valence-electron chi connectivity index (χ0n) is 14.0. The Morgan fingerprint density at radius 2 is 1.86 bits per heavy atom. The van der Waals surface area contributed by atoms with E-state index in [0.717, 1.165) is 6.07 Å². The lowest BCUT2D eigenvalue weighted by Crippen LogP contribution is -2.28. The summed E-state index contributed by atoms with van der Waals surface area (Å²) in [6, 6.07) is 8.84. The lowest BCUT2D eigenvalue weighted by atomic mass is 10.2. The number of anilines is 1. The van der Waals surface area contributed by atoms with Gasteiger partial charge in [0.15, 0.2) is 6.61 Å². The number of hydrogen-bond acceptors (Lipinski definition) is 5. The summed E-state index contributed by atoms with van der Waals surface area (Å²) in [7, 11) is -3.89. The quantitative estimate of drug-likeness (QED) is 0.545. The van der Waals surface area contributed by atoms with Crippen molar-refractivity contribution in [3.05, 3.63) is 57.0 Å². The minimum atomic E-state index is -3.89. The first-order valence-corrected chi connectivity index (χ1v) is 10.6. The Hall–Kier alpha value is -1.62. The van der Waals surface area contributed by atoms with Gasteiger partial charge in [-0.1, -0.05) is 46.9 Å². The van der Waals surface area contributed by atoms with Crippen molar-refractivity contribution >= 4 is 73.8 Å². The maximum atomic E-state index is 12.0. The fraction of sp³-hybridized carbons (Fsp3) is 0.125. The van der Waals surface area contributed by atoms with Gasteiger partial charge in [-0.3, -0.25) is 4.79 Å². The minimum Gasteiger partial charge on any atom is -0.461 e. The van der Waals surface area contributed by atoms with Gasteiger partial charge in [0.05, 0.1) is 25.7 Å². The van der Waals surface area contributed by atoms with E-state index in [1.807, 2.05) is 0 Å². The molecule has 0 spiro atoms. The van der Waals surface area contributed by atoms with Gasteiger partial charge in [-0.25, -0.2) is 13.6 Å². The zero-order chi connectivity index (χ0) is 20.9. The summed E-state index contributed by atoms with van der Waals surface area (Å²) >= 11 is 22.9. The van der Waals surface area contributed by atoms with Crippen LogP contribution < -0.4 is 15.8 Å². The molecule has 2 aromatic carbocycles. The predicted octanol–water partition coefficient (Wildman–Crippen LogP) is 3.32. The largest absolute Gasteiger partial charge is 0.461 e. The van der Waals surface area contributed by atoms with E-state index in [2.05, 4.69) is 10.6 Å². The normalized spacial score (nSPS) is 11.0. The number of ether oxygens (including phenoxy) is 1. The molecule has 28 heavy (non-hydrogen) atoms. The van der Waals surface area contributed by atoms with E-state index in [4.69, 9.17) is 56.9 Å². The Morgan fingerprint density at radius 3 is 2.50 bits per heavy atom. The first-order chi connectivity index (χ1) is 13.1. The number of hydrogen-bond donors (Lipinski definition) is 3. The van der Waals surface area contributed by atoms with Crippen LogP contribution in [-0.2, 0) is 26.1 Å². The predicted molar refractivity (Wildman–Crippen MR) is 113 cm³/mol. The van der Waals surface area contributed by atoms with E-state index in [1.54, 1.807) is 18.2 Å². The number of nitrogens with one attached hydrogen (secondary N) is 2. The van der Waals surface area contributed by atoms with Gasteiger partial charge in [-0.2, -0.15) is 0 Å². The van der Waals surface area contributed by atoms with E-state index in [9.17, 15) is 13.2 Å². The van der Waals surface area contributed by atoms with Crippen LogP contribution in [0.4, 0.5) is 5.69 Å². The summed E-state index contributed by atoms with van der Waals surface area (Å²) in [6.07, 6.45) is 0. The number of nitrogens with two attached hydrogens (primary N) is 1. The third-order valence-corrected chi connectivity index (χ3v) is 5.68. The first kappa shape index (κ1) is 22.7. The number of primary sulfonamides is 1. The lowest BCUT2D eigenvalue weighted by molar-refractivity contribution is -0.118. The third-order valence-electron chi connectivity index (χ3n) is 3.33. The van der Waals surface area contributed by atoms with Crippen LogP contribution in [0.15, 0.2) is 41.3 Å². The maximum absolute atomic E-state index is 12.0. The van der Waals surface area contributed by atoms with Crippen LogP contribution in [0.2, 0.25) is 15.1 Å². The number of benzene rings is 2. The summed E-state index contributed by atoms with van der Waals surface area (Å²) in [4.78, 5) is 11.8. The molecule has 0 unspecified atom stereocenters. The number of rotatable bonds is 6. The van der Waals surface area contributed by atoms with Gasteiger partial charge in [-0.15, -0.1) is 0 Å². The highest BCUT2D eigenvalue weighted by Gasteiger charge is 2.13. The standard InChI is InChI=1S/C16H14Cl3N3O4S2/c17-11-3-1-2-9(15(11)19)7-21-16(27)26-8-14(23)22-13-5-4-10(6-12(13)18)28(20,24)25/h1-6H,7-8H2,(H,21,27)(H,22,23)(H2,20,24,25). The molecule has 2 rings (SSSR count). The van der Waals surface area contributed by atoms with Crippen molar-refractivity contribution in [1.82, 2.24) is 5.32 Å². The Morgan fingerprint density at radius 1 is 1.14 bits per heavy atom. The molecule has 0 bridgehead atoms. The Bertz CT molecular complexity index is 1020. The molecule has 1 amide bonds. The SMILES string of the molecule is NS(=O)(=O)c1ccc(NC(=O)COC(=S)NCc2cccc(Cl)c2Cl)c(Cl)c1. The molecule has 0 aliphatic heterocycles. The highest BCUT2D eigenvalue weighted by atomic mass is 35.5. The first-order valence-electron chi connectivity index (χ1n) is 7.53. The summed E-state index contributed by atoms with van der Waals surface area (Å²) in [5.74, 6) is -0.546. The van der Waals surface area contributed by atoms with Crippen molar-refractivity contribution in [2.45, 2.75) is 11.4 Å². The molecule has 0 atom stereocenters. The van der Waals surface area contributed by atoms with Crippen LogP contribution in [0.1, 0.15) is 5.56 Å². The van der Waals surface area contributed by atoms with Crippen LogP contribution in [0, 0.1) is 0 Å². The van der Waals surface area contributed by atoms with Crippen LogP contribution in [0.3, 0.4) is 0 Å². The maximum Gasteiger partial charge on any atom is 0.262 e. The topological polar surface area (TPSA) is 111 Å². The number of sulfonamides is 1. The van der Waals surface area contributed by atoms with Gasteiger partial charge in [0.1, 0.15) is 0 Å². The van der Waals surface area contributed by atoms with Crippen LogP contribution >= 0.6 is 47.0 Å². The molecule has 2 aromatic rings. The van der Waals surface area contributed by atoms with E-state index in [-0.39, 0.29) is 33.9 Å². The van der Waals surface area contributed by atoms with Gasteiger partial charge in [-0.05, 0) is 42.0 Å². The van der Waals surface area contributed by atoms with Crippen LogP contribution in [-0.4, -0.2) is 26.1 Å². The average molecular weight is 483 g/mol. The molecule has 0 heterocycles. The minimum absolute atomic E-state index is 0.0103. The van der Waals surface area contributed by atoms with Crippen molar-refractivity contribution in [3.63, 3.8) is 0 Å². The van der Waals surface area contributed by atoms with Crippen molar-refractivity contribution in [2.24, 2.45) is 5.14 Å². The smallest absolute Gasteiger partial charge is 0.262 e. The second-order valence-electron chi connectivity index (χ2n) is 5.38. The van der Waals surface area contributed by atoms with Crippen molar-refractivity contribution in [2.75, 3.05) is 11.9 Å². The van der Waals surface area contributed by atoms with Gasteiger partial charge >= 0.3 is 0 Å². The number of halogens is 3. The summed E-state index contributed by atoms with van der Waals surface area (Å²) in [6.45, 7) is -0.122. The van der Waals surface area contributed by atoms with Gasteiger partial charge < -0.3 is 15.4 Å². The van der Waals surface area contributed by atoms with Crippen LogP contribution in [0.5, 0.6) is 0 Å². The van der Waals surface area contributed by atoms with Crippen molar-refractivity contribution < 1.29 is 17.9 Å². The molecule has 0 saturated carbocycles. The number of thiocarbonyl (C=S) groups is 1. The van der Waals surface area contributed by atoms with E-state index in [0.29, 0.717) is 15.6 Å². The molecule has 0 aliphatic rings. The number of amides is 1. The fourth-order valence-electron chi connectivity index (χ4n) is 1.99. The second kappa shape index (κ2) is 9.73. The van der Waals surface area contributed by atoms with E-state index < -0.39 is 15.9 Å². The second-order valence-corrected chi connectivity index (χ2v) is 8.50. The molecule has 12 heteroatoms. The molecule has 0 saturated heterocycles. The Labute approximate surface area is 182 Å². The zero-order valence-corrected chi connectivity index (χ0v) is 17.9. The highest BCUT2D eigenvalue weighted by molar-refractivity contribution is 7.89. The summed E-state index contributed by atoms with van der Waals surface area (Å²) in [5, 5.41) is 11.1. The average Bonchev–Trinajstić information content (AvgIpc) is 2.62. The van der Waals surface area contributed by atoms with E-state index in [1.165, 1.54) is 12.1 Å². The molecule has 0 radical (unpaired) electrons. The summed E-state index contributed by atoms with van der Waals surface area (Å²) in [5.41, 5.74) is 0.915. The van der Waals surface area contributed by atoms with Crippen molar-refractivity contribution in [3.8, 4) is 0 Å². The molecular formula is C16H14Cl3N3O4S2. The van der Waals surface area contributed by atoms with Gasteiger partial charge in [0.2, 0.25) is 10.0 Å². The van der Waals surface area contributed by atoms with Gasteiger partial charge in [0, 0.05) is 6.54 Å². The fourth-order valence-corrected chi connectivity index (χ4v) is 3.35. The monoisotopic (exact) mass is 481 g/mol. The summed E-state index contributed by atoms with van der Waals surface area (Å²) < 4.78 is 27.7. The molecule has 150 valence electrons. The van der Waals surface area contributed by atoms with E-state index >= 15 is 0 Å². The lowest BCUT2D eigenvalue weighted by Gasteiger charge is -2.12. The van der Waals surface area contributed by atoms with Crippen molar-refractivity contribution in [1.29, 1.82) is 0 Å². The molecule has 4 N–H and O–H groups in total. The van der Waals surface area contributed by atoms with Crippen LogP contribution in [0.25, 0.3) is 0 Å². The molecule has 0 fully saturated rings. The number of carbonyl (C=O) groups excluding carboxylic acids is 1. The van der Waals surface area contributed by atoms with Gasteiger partial charge in [0.25, 0.3) is 11.1 Å². The molecule has 7 nitrogen and oxygen atoms in total. The molecule has 0 aromatic heterocycles. The Balaban J connectivity index is 1.85.